The molecule has 4 rings (SSSR count). The minimum Gasteiger partial charge on any atom is -0.293 e. The van der Waals surface area contributed by atoms with Crippen molar-refractivity contribution in [3.63, 3.8) is 0 Å². The number of benzene rings is 2. The molecule has 29 heavy (non-hydrogen) atoms. The first kappa shape index (κ1) is 19.6. The quantitative estimate of drug-likeness (QED) is 0.736. The highest BCUT2D eigenvalue weighted by Gasteiger charge is 2.35. The molecule has 0 N–H and O–H groups in total. The van der Waals surface area contributed by atoms with Crippen molar-refractivity contribution >= 4 is 23.0 Å². The van der Waals surface area contributed by atoms with E-state index in [0.717, 1.165) is 43.8 Å². The highest BCUT2D eigenvalue weighted by molar-refractivity contribution is 6.54. The molecule has 0 atom stereocenters. The average molecular weight is 401 g/mol. The van der Waals surface area contributed by atoms with E-state index in [4.69, 9.17) is 0 Å². The van der Waals surface area contributed by atoms with E-state index < -0.39 is 11.7 Å². The Hall–Kier alpha value is -2.67. The van der Waals surface area contributed by atoms with Crippen molar-refractivity contribution < 1.29 is 18.0 Å². The number of fused-ring (bicyclic) bond motifs is 1. The maximum absolute atomic E-state index is 13.1. The highest BCUT2D eigenvalue weighted by atomic mass is 19.4. The summed E-state index contributed by atoms with van der Waals surface area (Å²) in [5, 5.41) is 0. The summed E-state index contributed by atoms with van der Waals surface area (Å²) in [7, 11) is 0. The molecule has 0 aromatic heterocycles. The Balaban J connectivity index is 1.65. The number of piperidine rings is 1. The number of alkyl halides is 3. The van der Waals surface area contributed by atoms with Gasteiger partial charge in [0, 0.05) is 18.7 Å². The molecule has 2 aromatic rings. The number of likely N-dealkylation sites (tertiary alicyclic amines) is 1. The number of carbonyl (C=O) groups excluding carboxylic acids is 1. The molecule has 152 valence electrons. The highest BCUT2D eigenvalue weighted by Crippen LogP contribution is 2.34. The van der Waals surface area contributed by atoms with E-state index >= 15 is 0 Å². The zero-order valence-electron chi connectivity index (χ0n) is 16.1. The predicted octanol–water partition coefficient (Wildman–Crippen LogP) is 4.86. The lowest BCUT2D eigenvalue weighted by molar-refractivity contribution is -0.137. The summed E-state index contributed by atoms with van der Waals surface area (Å²) >= 11 is 0. The van der Waals surface area contributed by atoms with Crippen molar-refractivity contribution in [2.45, 2.75) is 25.9 Å². The summed E-state index contributed by atoms with van der Waals surface area (Å²) in [6, 6.07) is 12.1. The smallest absolute Gasteiger partial charge is 0.293 e. The fourth-order valence-corrected chi connectivity index (χ4v) is 3.79. The number of aliphatic imine (C=N–C) groups is 1. The summed E-state index contributed by atoms with van der Waals surface area (Å²) in [4.78, 5) is 21.4. The Bertz CT molecular complexity index is 946. The van der Waals surface area contributed by atoms with Crippen LogP contribution in [0.3, 0.4) is 0 Å². The van der Waals surface area contributed by atoms with Crippen LogP contribution < -0.4 is 4.90 Å². The summed E-state index contributed by atoms with van der Waals surface area (Å²) < 4.78 is 39.1. The van der Waals surface area contributed by atoms with E-state index in [-0.39, 0.29) is 17.3 Å². The number of halogens is 3. The van der Waals surface area contributed by atoms with E-state index in [9.17, 15) is 18.0 Å². The number of hydrogen-bond donors (Lipinski definition) is 0. The number of carbonyl (C=O) groups is 1. The van der Waals surface area contributed by atoms with Crippen molar-refractivity contribution in [1.82, 2.24) is 4.90 Å². The predicted molar refractivity (Wildman–Crippen MR) is 106 cm³/mol. The number of anilines is 1. The lowest BCUT2D eigenvalue weighted by Gasteiger charge is -2.33. The third-order valence-electron chi connectivity index (χ3n) is 5.53. The molecule has 1 fully saturated rings. The van der Waals surface area contributed by atoms with Crippen LogP contribution in [0, 0.1) is 5.92 Å². The molecular formula is C22H22F3N3O. The molecule has 7 heteroatoms. The van der Waals surface area contributed by atoms with Gasteiger partial charge in [-0.1, -0.05) is 31.2 Å². The van der Waals surface area contributed by atoms with Crippen molar-refractivity contribution in [2.24, 2.45) is 10.9 Å². The first-order valence-electron chi connectivity index (χ1n) is 9.72. The van der Waals surface area contributed by atoms with Gasteiger partial charge in [-0.05, 0) is 43.0 Å². The Morgan fingerprint density at radius 3 is 2.52 bits per heavy atom. The van der Waals surface area contributed by atoms with E-state index in [2.05, 4.69) is 16.8 Å². The number of hydrogen-bond acceptors (Lipinski definition) is 3. The Labute approximate surface area is 167 Å². The molecule has 1 saturated heterocycles. The minimum absolute atomic E-state index is 0.117. The van der Waals surface area contributed by atoms with Crippen molar-refractivity contribution in [1.29, 1.82) is 0 Å². The van der Waals surface area contributed by atoms with E-state index in [0.29, 0.717) is 18.2 Å². The SMILES string of the molecule is CC1CCN(CN2C(=O)C(=Nc3cccc(C(F)(F)F)c3)c3ccccc32)CC1. The van der Waals surface area contributed by atoms with Gasteiger partial charge in [-0.3, -0.25) is 14.6 Å². The molecule has 0 unspecified atom stereocenters. The van der Waals surface area contributed by atoms with Crippen LogP contribution in [0.4, 0.5) is 24.5 Å². The standard InChI is InChI=1S/C22H22F3N3O/c1-15-9-11-27(12-10-15)14-28-19-8-3-2-7-18(19)20(21(28)29)26-17-6-4-5-16(13-17)22(23,24)25/h2-8,13,15H,9-12,14H2,1H3. The van der Waals surface area contributed by atoms with Gasteiger partial charge in [-0.2, -0.15) is 13.2 Å². The van der Waals surface area contributed by atoms with Crippen molar-refractivity contribution in [3.05, 3.63) is 59.7 Å². The molecule has 0 spiro atoms. The molecule has 2 aliphatic heterocycles. The van der Waals surface area contributed by atoms with Crippen LogP contribution in [-0.2, 0) is 11.0 Å². The minimum atomic E-state index is -4.45. The largest absolute Gasteiger partial charge is 0.416 e. The molecule has 2 heterocycles. The summed E-state index contributed by atoms with van der Waals surface area (Å²) in [6.45, 7) is 4.54. The van der Waals surface area contributed by atoms with Crippen LogP contribution in [0.25, 0.3) is 0 Å². The fraction of sp³-hybridized carbons (Fsp3) is 0.364. The van der Waals surface area contributed by atoms with Gasteiger partial charge in [-0.25, -0.2) is 4.99 Å². The van der Waals surface area contributed by atoms with Crippen LogP contribution in [0.5, 0.6) is 0 Å². The van der Waals surface area contributed by atoms with E-state index in [1.54, 1.807) is 17.0 Å². The second kappa shape index (κ2) is 7.63. The lowest BCUT2D eigenvalue weighted by atomic mass is 10.00. The Morgan fingerprint density at radius 2 is 1.79 bits per heavy atom. The monoisotopic (exact) mass is 401 g/mol. The van der Waals surface area contributed by atoms with Crippen molar-refractivity contribution in [3.8, 4) is 0 Å². The summed E-state index contributed by atoms with van der Waals surface area (Å²) in [6.07, 6.45) is -2.27. The van der Waals surface area contributed by atoms with Crippen LogP contribution in [-0.4, -0.2) is 36.3 Å². The fourth-order valence-electron chi connectivity index (χ4n) is 3.79. The molecule has 2 aliphatic rings. The topological polar surface area (TPSA) is 35.9 Å². The maximum Gasteiger partial charge on any atom is 0.416 e. The molecule has 0 saturated carbocycles. The van der Waals surface area contributed by atoms with Gasteiger partial charge < -0.3 is 0 Å². The summed E-state index contributed by atoms with van der Waals surface area (Å²) in [5.74, 6) is 0.410. The third kappa shape index (κ3) is 4.05. The molecule has 4 nitrogen and oxygen atoms in total. The van der Waals surface area contributed by atoms with Gasteiger partial charge in [0.2, 0.25) is 0 Å². The molecular weight excluding hydrogens is 379 g/mol. The first-order valence-corrected chi connectivity index (χ1v) is 9.72. The number of nitrogens with zero attached hydrogens (tertiary/aromatic N) is 3. The van der Waals surface area contributed by atoms with Crippen LogP contribution in [0.15, 0.2) is 53.5 Å². The van der Waals surface area contributed by atoms with Gasteiger partial charge >= 0.3 is 6.18 Å². The molecule has 2 aromatic carbocycles. The van der Waals surface area contributed by atoms with Gasteiger partial charge in [0.05, 0.1) is 23.6 Å². The van der Waals surface area contributed by atoms with Gasteiger partial charge in [-0.15, -0.1) is 0 Å². The van der Waals surface area contributed by atoms with E-state index in [1.165, 1.54) is 12.1 Å². The lowest BCUT2D eigenvalue weighted by Crippen LogP contribution is -2.44. The number of rotatable bonds is 3. The van der Waals surface area contributed by atoms with Crippen LogP contribution in [0.1, 0.15) is 30.9 Å². The Kier molecular flexibility index (Phi) is 5.17. The van der Waals surface area contributed by atoms with Gasteiger partial charge in [0.25, 0.3) is 5.91 Å². The van der Waals surface area contributed by atoms with Crippen LogP contribution >= 0.6 is 0 Å². The molecule has 0 bridgehead atoms. The molecule has 0 radical (unpaired) electrons. The normalized spacial score (nSPS) is 19.8. The third-order valence-corrected chi connectivity index (χ3v) is 5.53. The van der Waals surface area contributed by atoms with Crippen molar-refractivity contribution in [2.75, 3.05) is 24.7 Å². The second-order valence-electron chi connectivity index (χ2n) is 7.70. The van der Waals surface area contributed by atoms with Gasteiger partial charge in [0.1, 0.15) is 5.71 Å². The first-order chi connectivity index (χ1) is 13.8. The maximum atomic E-state index is 13.1. The number of para-hydroxylation sites is 1. The molecule has 1 amide bonds. The average Bonchev–Trinajstić information content (AvgIpc) is 2.95. The zero-order chi connectivity index (χ0) is 20.6. The van der Waals surface area contributed by atoms with Crippen LogP contribution in [0.2, 0.25) is 0 Å². The van der Waals surface area contributed by atoms with E-state index in [1.807, 2.05) is 12.1 Å². The second-order valence-corrected chi connectivity index (χ2v) is 7.70. The number of amides is 1. The zero-order valence-corrected chi connectivity index (χ0v) is 16.1. The summed E-state index contributed by atoms with van der Waals surface area (Å²) in [5.41, 5.74) is 0.927. The van der Waals surface area contributed by atoms with Gasteiger partial charge in [0.15, 0.2) is 0 Å². The Morgan fingerprint density at radius 1 is 1.07 bits per heavy atom. The molecule has 0 aliphatic carbocycles.